The lowest BCUT2D eigenvalue weighted by atomic mass is 10.1. The Labute approximate surface area is 150 Å². The minimum Gasteiger partial charge on any atom is -0.462 e. The van der Waals surface area contributed by atoms with E-state index < -0.39 is 5.97 Å². The fourth-order valence-corrected chi connectivity index (χ4v) is 2.52. The highest BCUT2D eigenvalue weighted by Gasteiger charge is 2.08. The van der Waals surface area contributed by atoms with Crippen LogP contribution in [-0.2, 0) is 11.2 Å². The number of H-pyrrole nitrogens is 1. The minimum absolute atomic E-state index is 0.0726. The van der Waals surface area contributed by atoms with Gasteiger partial charge in [-0.05, 0) is 36.8 Å². The first-order valence-electron chi connectivity index (χ1n) is 8.30. The number of hydrogen-bond acceptors (Lipinski definition) is 5. The van der Waals surface area contributed by atoms with E-state index >= 15 is 0 Å². The van der Waals surface area contributed by atoms with Crippen LogP contribution in [0, 0.1) is 0 Å². The van der Waals surface area contributed by atoms with Gasteiger partial charge < -0.3 is 15.0 Å². The molecule has 2 N–H and O–H groups in total. The molecule has 2 aromatic heterocycles. The quantitative estimate of drug-likeness (QED) is 0.667. The van der Waals surface area contributed by atoms with Crippen LogP contribution in [0.25, 0.3) is 0 Å². The van der Waals surface area contributed by atoms with Crippen LogP contribution in [0.5, 0.6) is 0 Å². The zero-order chi connectivity index (χ0) is 18.4. The van der Waals surface area contributed by atoms with Crippen LogP contribution >= 0.6 is 0 Å². The van der Waals surface area contributed by atoms with Crippen molar-refractivity contribution in [1.82, 2.24) is 9.97 Å². The molecule has 132 valence electrons. The maximum Gasteiger partial charge on any atom is 0.339 e. The largest absolute Gasteiger partial charge is 0.462 e. The van der Waals surface area contributed by atoms with Gasteiger partial charge in [-0.15, -0.1) is 0 Å². The standard InChI is InChI=1S/C20H19N3O3/c1-2-26-20(25)16-11-18(13-21-12-16)23-17-7-5-14(6-8-17)10-15-4-3-9-22-19(15)24/h3-9,11-13,23H,2,10H2,1H3,(H,22,24). The SMILES string of the molecule is CCOC(=O)c1cncc(Nc2ccc(Cc3ccc[nH]c3=O)cc2)c1. The number of nitrogens with zero attached hydrogens (tertiary/aromatic N) is 1. The lowest BCUT2D eigenvalue weighted by molar-refractivity contribution is 0.0526. The smallest absolute Gasteiger partial charge is 0.339 e. The predicted octanol–water partition coefficient (Wildman–Crippen LogP) is 3.28. The van der Waals surface area contributed by atoms with Gasteiger partial charge in [0.2, 0.25) is 0 Å². The van der Waals surface area contributed by atoms with Crippen molar-refractivity contribution in [2.45, 2.75) is 13.3 Å². The van der Waals surface area contributed by atoms with E-state index in [1.54, 1.807) is 25.4 Å². The molecule has 3 aromatic rings. The predicted molar refractivity (Wildman–Crippen MR) is 99.8 cm³/mol. The maximum atomic E-state index is 11.8. The molecule has 3 rings (SSSR count). The monoisotopic (exact) mass is 349 g/mol. The van der Waals surface area contributed by atoms with E-state index in [1.807, 2.05) is 36.4 Å². The zero-order valence-electron chi connectivity index (χ0n) is 14.4. The molecule has 0 saturated carbocycles. The van der Waals surface area contributed by atoms with Crippen molar-refractivity contribution >= 4 is 17.3 Å². The van der Waals surface area contributed by atoms with Crippen LogP contribution in [0.4, 0.5) is 11.4 Å². The fraction of sp³-hybridized carbons (Fsp3) is 0.150. The van der Waals surface area contributed by atoms with E-state index in [0.717, 1.165) is 16.8 Å². The highest BCUT2D eigenvalue weighted by molar-refractivity contribution is 5.90. The van der Waals surface area contributed by atoms with Gasteiger partial charge in [0.1, 0.15) is 0 Å². The molecule has 0 bridgehead atoms. The van der Waals surface area contributed by atoms with Crippen LogP contribution in [0.3, 0.4) is 0 Å². The summed E-state index contributed by atoms with van der Waals surface area (Å²) in [5, 5.41) is 3.21. The molecule has 0 spiro atoms. The minimum atomic E-state index is -0.396. The number of hydrogen-bond donors (Lipinski definition) is 2. The Hall–Kier alpha value is -3.41. The normalized spacial score (nSPS) is 10.3. The second kappa shape index (κ2) is 8.11. The fourth-order valence-electron chi connectivity index (χ4n) is 2.52. The summed E-state index contributed by atoms with van der Waals surface area (Å²) in [6, 6.07) is 13.1. The van der Waals surface area contributed by atoms with Crippen LogP contribution in [0.2, 0.25) is 0 Å². The molecule has 0 radical (unpaired) electrons. The van der Waals surface area contributed by atoms with Crippen molar-refractivity contribution in [2.75, 3.05) is 11.9 Å². The Kier molecular flexibility index (Phi) is 5.43. The Bertz CT molecular complexity index is 949. The molecule has 6 nitrogen and oxygen atoms in total. The summed E-state index contributed by atoms with van der Waals surface area (Å²) in [6.45, 7) is 2.08. The third-order valence-electron chi connectivity index (χ3n) is 3.79. The van der Waals surface area contributed by atoms with Crippen molar-refractivity contribution < 1.29 is 9.53 Å². The second-order valence-electron chi connectivity index (χ2n) is 5.71. The number of aromatic amines is 1. The molecule has 0 aliphatic rings. The third kappa shape index (κ3) is 4.36. The van der Waals surface area contributed by atoms with Gasteiger partial charge in [0, 0.05) is 30.1 Å². The molecular formula is C20H19N3O3. The van der Waals surface area contributed by atoms with Gasteiger partial charge in [0.25, 0.3) is 5.56 Å². The molecule has 0 aliphatic heterocycles. The van der Waals surface area contributed by atoms with Crippen LogP contribution in [-0.4, -0.2) is 22.5 Å². The summed E-state index contributed by atoms with van der Waals surface area (Å²) in [7, 11) is 0. The van der Waals surface area contributed by atoms with E-state index in [1.165, 1.54) is 6.20 Å². The molecule has 2 heterocycles. The lowest BCUT2D eigenvalue weighted by Gasteiger charge is -2.09. The maximum absolute atomic E-state index is 11.8. The molecule has 26 heavy (non-hydrogen) atoms. The summed E-state index contributed by atoms with van der Waals surface area (Å²) in [5.41, 5.74) is 3.64. The van der Waals surface area contributed by atoms with Crippen molar-refractivity contribution in [2.24, 2.45) is 0 Å². The average molecular weight is 349 g/mol. The highest BCUT2D eigenvalue weighted by Crippen LogP contribution is 2.18. The van der Waals surface area contributed by atoms with Gasteiger partial charge in [0.15, 0.2) is 0 Å². The molecule has 6 heteroatoms. The molecule has 0 amide bonds. The number of esters is 1. The number of ether oxygens (including phenoxy) is 1. The Morgan fingerprint density at radius 3 is 2.69 bits per heavy atom. The van der Waals surface area contributed by atoms with E-state index in [-0.39, 0.29) is 5.56 Å². The Morgan fingerprint density at radius 2 is 1.96 bits per heavy atom. The highest BCUT2D eigenvalue weighted by atomic mass is 16.5. The summed E-state index contributed by atoms with van der Waals surface area (Å²) in [6.07, 6.45) is 5.30. The average Bonchev–Trinajstić information content (AvgIpc) is 2.66. The van der Waals surface area contributed by atoms with E-state index in [0.29, 0.717) is 24.3 Å². The second-order valence-corrected chi connectivity index (χ2v) is 5.71. The van der Waals surface area contributed by atoms with Crippen LogP contribution in [0.15, 0.2) is 65.8 Å². The van der Waals surface area contributed by atoms with Gasteiger partial charge in [-0.1, -0.05) is 18.2 Å². The first-order valence-corrected chi connectivity index (χ1v) is 8.30. The van der Waals surface area contributed by atoms with Gasteiger partial charge in [-0.25, -0.2) is 4.79 Å². The van der Waals surface area contributed by atoms with Gasteiger partial charge in [-0.3, -0.25) is 9.78 Å². The van der Waals surface area contributed by atoms with Gasteiger partial charge in [0.05, 0.1) is 24.1 Å². The van der Waals surface area contributed by atoms with E-state index in [4.69, 9.17) is 4.74 Å². The third-order valence-corrected chi connectivity index (χ3v) is 3.79. The number of carbonyl (C=O) groups is 1. The van der Waals surface area contributed by atoms with Crippen molar-refractivity contribution in [1.29, 1.82) is 0 Å². The molecular weight excluding hydrogens is 330 g/mol. The summed E-state index contributed by atoms with van der Waals surface area (Å²) >= 11 is 0. The number of anilines is 2. The number of aromatic nitrogens is 2. The number of pyridine rings is 2. The topological polar surface area (TPSA) is 84.1 Å². The van der Waals surface area contributed by atoms with Crippen LogP contribution in [0.1, 0.15) is 28.4 Å². The molecule has 1 aromatic carbocycles. The number of benzene rings is 1. The van der Waals surface area contributed by atoms with E-state index in [9.17, 15) is 9.59 Å². The molecule has 0 aliphatic carbocycles. The van der Waals surface area contributed by atoms with Crippen molar-refractivity contribution in [3.8, 4) is 0 Å². The Morgan fingerprint density at radius 1 is 1.15 bits per heavy atom. The molecule has 0 fully saturated rings. The summed E-state index contributed by atoms with van der Waals surface area (Å²) in [5.74, 6) is -0.396. The van der Waals surface area contributed by atoms with Crippen LogP contribution < -0.4 is 10.9 Å². The zero-order valence-corrected chi connectivity index (χ0v) is 14.4. The number of rotatable bonds is 6. The number of carbonyl (C=O) groups excluding carboxylic acids is 1. The van der Waals surface area contributed by atoms with Crippen molar-refractivity contribution in [3.05, 3.63) is 88.1 Å². The molecule has 0 saturated heterocycles. The summed E-state index contributed by atoms with van der Waals surface area (Å²) < 4.78 is 4.98. The first kappa shape index (κ1) is 17.4. The summed E-state index contributed by atoms with van der Waals surface area (Å²) in [4.78, 5) is 30.3. The first-order chi connectivity index (χ1) is 12.7. The molecule has 0 unspecified atom stereocenters. The number of nitrogens with one attached hydrogen (secondary N) is 2. The van der Waals surface area contributed by atoms with E-state index in [2.05, 4.69) is 15.3 Å². The lowest BCUT2D eigenvalue weighted by Crippen LogP contribution is -2.11. The van der Waals surface area contributed by atoms with Gasteiger partial charge in [-0.2, -0.15) is 0 Å². The van der Waals surface area contributed by atoms with Gasteiger partial charge >= 0.3 is 5.97 Å². The Balaban J connectivity index is 1.70. The molecule has 0 atom stereocenters. The van der Waals surface area contributed by atoms with Crippen molar-refractivity contribution in [3.63, 3.8) is 0 Å².